The number of aliphatic imine (C=N–C) groups is 6. The number of hydrogen-bond donors (Lipinski definition) is 3. The second kappa shape index (κ2) is 38.5. The van der Waals surface area contributed by atoms with Gasteiger partial charge in [0.2, 0.25) is 52.4 Å². The van der Waals surface area contributed by atoms with E-state index in [1.807, 2.05) is 0 Å². The molecule has 0 aliphatic rings. The second-order valence-corrected chi connectivity index (χ2v) is 24.5. The first-order valence-electron chi connectivity index (χ1n) is 31.3. The molecule has 141 heavy (non-hydrogen) atoms. The van der Waals surface area contributed by atoms with Crippen LogP contribution in [-0.4, -0.2) is 143 Å². The molecule has 9 nitrogen and oxygen atoms in total. The summed E-state index contributed by atoms with van der Waals surface area (Å²) < 4.78 is 979. The van der Waals surface area contributed by atoms with Gasteiger partial charge in [-0.1, -0.05) is 0 Å². The molecule has 0 aliphatic heterocycles. The maximum atomic E-state index is 14.6. The monoisotopic (exact) mass is 2220 g/mol. The van der Waals surface area contributed by atoms with Crippen LogP contribution in [0, 0.1) is 175 Å². The van der Waals surface area contributed by atoms with Crippen LogP contribution < -0.4 is 16.0 Å². The summed E-state index contributed by atoms with van der Waals surface area (Å²) in [5.74, 6) is -224. The third-order valence-corrected chi connectivity index (χ3v) is 15.5. The summed E-state index contributed by atoms with van der Waals surface area (Å²) in [6.45, 7) is 0. The summed E-state index contributed by atoms with van der Waals surface area (Å²) in [5.41, 5.74) is -20.2. The first kappa shape index (κ1) is 121. The largest absolute Gasteiger partial charge is 0.460 e. The lowest BCUT2D eigenvalue weighted by Crippen LogP contribution is -2.59. The number of benzene rings is 6. The Bertz CT molecular complexity index is 5300. The van der Waals surface area contributed by atoms with Crippen LogP contribution in [-0.2, 0) is 0 Å². The van der Waals surface area contributed by atoms with Crippen molar-refractivity contribution in [3.8, 4) is 0 Å². The van der Waals surface area contributed by atoms with E-state index >= 15 is 0 Å². The summed E-state index contributed by atoms with van der Waals surface area (Å²) in [6, 6.07) is 0. The molecule has 0 unspecified atom stereocenters. The van der Waals surface area contributed by atoms with Gasteiger partial charge in [0, 0.05) is 0 Å². The summed E-state index contributed by atoms with van der Waals surface area (Å²) in [7, 11) is 0. The van der Waals surface area contributed by atoms with E-state index in [4.69, 9.17) is 0 Å². The fourth-order valence-electron chi connectivity index (χ4n) is 8.17. The number of hydrogen-bond acceptors (Lipinski definition) is 3. The van der Waals surface area contributed by atoms with Crippen LogP contribution in [0.25, 0.3) is 0 Å². The van der Waals surface area contributed by atoms with Gasteiger partial charge in [0.15, 0.2) is 157 Å². The van der Waals surface area contributed by atoms with E-state index < -0.39 is 352 Å². The Hall–Kier alpha value is -12.3. The van der Waals surface area contributed by atoms with Crippen LogP contribution in [0.4, 0.5) is 350 Å². The highest BCUT2D eigenvalue weighted by Crippen LogP contribution is 2.57. The van der Waals surface area contributed by atoms with Gasteiger partial charge in [-0.15, -0.1) is 0 Å². The van der Waals surface area contributed by atoms with E-state index in [1.54, 1.807) is 0 Å². The van der Waals surface area contributed by atoms with Crippen molar-refractivity contribution < 1.29 is 316 Å². The van der Waals surface area contributed by atoms with Crippen LogP contribution in [0.2, 0.25) is 0 Å². The highest BCUT2D eigenvalue weighted by Gasteiger charge is 2.82. The lowest BCUT2D eigenvalue weighted by molar-refractivity contribution is -0.337. The van der Waals surface area contributed by atoms with E-state index in [0.717, 1.165) is 15.0 Å². The maximum absolute atomic E-state index is 14.6. The van der Waals surface area contributed by atoms with Gasteiger partial charge in [-0.05, 0) is 0 Å². The van der Waals surface area contributed by atoms with E-state index in [0.29, 0.717) is 0 Å². The molecule has 0 atom stereocenters. The minimum Gasteiger partial charge on any atom is -0.333 e. The smallest absolute Gasteiger partial charge is 0.333 e. The lowest BCUT2D eigenvalue weighted by Gasteiger charge is -2.31. The average molecular weight is 2220 g/mol. The molecule has 0 fully saturated rings. The fourth-order valence-corrected chi connectivity index (χ4v) is 8.17. The van der Waals surface area contributed by atoms with Crippen molar-refractivity contribution in [3.05, 3.63) is 175 Å². The number of amidine groups is 6. The number of nitrogens with zero attached hydrogens (tertiary/aromatic N) is 6. The van der Waals surface area contributed by atoms with Crippen molar-refractivity contribution in [1.29, 1.82) is 0 Å². The molecule has 6 rings (SSSR count). The molecule has 0 heterocycles. The van der Waals surface area contributed by atoms with Crippen molar-refractivity contribution in [1.82, 2.24) is 0 Å². The van der Waals surface area contributed by atoms with Gasteiger partial charge < -0.3 is 16.0 Å². The average Bonchev–Trinajstić information content (AvgIpc) is 0.738. The minimum absolute atomic E-state index is 0.330. The highest BCUT2D eigenvalue weighted by atomic mass is 19.5. The minimum atomic E-state index is -7.95. The number of anilines is 3. The summed E-state index contributed by atoms with van der Waals surface area (Å²) in [6.07, 6.45) is -46.5. The van der Waals surface area contributed by atoms with Gasteiger partial charge >= 0.3 is 108 Å². The fraction of sp³-hybridized carbons (Fsp3) is 0.300. The SMILES string of the molecule is Fc1c(F)c(F)c(N=C(N=C(Nc2c(F)c(F)c(F)c(F)c2F)C(F)(F)C(F)(F)C(F)(F)F)C(F)(F)C(F)(F)C(F)(F)F)c(F)c1F.Fc1c(F)c(F)c(N=C(N=C(Nc2c(F)c(F)c(F)c(F)c2F)C(F)(F)C(F)(F)C(F)(F)F)C(F)(F)C(F)(F)C(F)(F)F)c(F)c1F.Fc1c(F)c(F)c(N=C(N=C(Nc2c(F)c(F)c(F)c(F)c2F)C(F)(F)C(F)(F)C(F)(F)F)C(F)(F)C(F)(F)C(F)(F)F)c(F)c1F. The molecule has 0 bridgehead atoms. The molecule has 0 saturated heterocycles. The number of nitrogens with one attached hydrogen (secondary N) is 3. The quantitative estimate of drug-likeness (QED) is 0.0262. The maximum Gasteiger partial charge on any atom is 0.460 e. The molecule has 6 aromatic rings. The Morgan fingerprint density at radius 2 is 0.234 bits per heavy atom. The zero-order valence-electron chi connectivity index (χ0n) is 61.4. The molecular weight excluding hydrogens is 2210 g/mol. The summed E-state index contributed by atoms with van der Waals surface area (Å²) in [4.78, 5) is 7.08. The van der Waals surface area contributed by atoms with E-state index in [1.165, 1.54) is 15.0 Å². The molecule has 792 valence electrons. The molecule has 0 amide bonds. The third-order valence-electron chi connectivity index (χ3n) is 15.5. The topological polar surface area (TPSA) is 110 Å². The van der Waals surface area contributed by atoms with Crippen LogP contribution in [0.15, 0.2) is 30.0 Å². The zero-order chi connectivity index (χ0) is 112. The Morgan fingerprint density at radius 1 is 0.135 bits per heavy atom. The van der Waals surface area contributed by atoms with Crippen LogP contribution >= 0.6 is 0 Å². The van der Waals surface area contributed by atoms with Gasteiger partial charge in [0.1, 0.15) is 34.1 Å². The Morgan fingerprint density at radius 3 is 0.348 bits per heavy atom. The van der Waals surface area contributed by atoms with Crippen molar-refractivity contribution in [3.63, 3.8) is 0 Å². The predicted octanol–water partition coefficient (Wildman–Crippen LogP) is 27.9. The van der Waals surface area contributed by atoms with Gasteiger partial charge in [0.25, 0.3) is 0 Å². The Labute approximate surface area is 713 Å². The van der Waals surface area contributed by atoms with Crippen molar-refractivity contribution in [2.75, 3.05) is 16.0 Å². The second-order valence-electron chi connectivity index (χ2n) is 24.5. The van der Waals surface area contributed by atoms with Gasteiger partial charge in [-0.2, -0.15) is 184 Å². The highest BCUT2D eigenvalue weighted by molar-refractivity contribution is 6.13. The molecular formula is C60H3F72N9. The molecule has 0 radical (unpaired) electrons. The van der Waals surface area contributed by atoms with Gasteiger partial charge in [0.05, 0.1) is 0 Å². The van der Waals surface area contributed by atoms with Crippen LogP contribution in [0.1, 0.15) is 0 Å². The number of halogens is 72. The molecule has 3 N–H and O–H groups in total. The first-order valence-corrected chi connectivity index (χ1v) is 31.3. The van der Waals surface area contributed by atoms with E-state index in [-0.39, 0.29) is 16.0 Å². The van der Waals surface area contributed by atoms with Gasteiger partial charge in [-0.3, -0.25) is 0 Å². The molecule has 0 saturated carbocycles. The number of alkyl halides is 42. The van der Waals surface area contributed by atoms with E-state index in [9.17, 15) is 316 Å². The van der Waals surface area contributed by atoms with Crippen molar-refractivity contribution in [2.45, 2.75) is 108 Å². The van der Waals surface area contributed by atoms with Crippen molar-refractivity contribution in [2.24, 2.45) is 30.0 Å². The predicted molar refractivity (Wildman–Crippen MR) is 308 cm³/mol. The van der Waals surface area contributed by atoms with Crippen LogP contribution in [0.5, 0.6) is 0 Å². The summed E-state index contributed by atoms with van der Waals surface area (Å²) >= 11 is 0. The zero-order valence-corrected chi connectivity index (χ0v) is 61.4. The third kappa shape index (κ3) is 20.8. The Balaban J connectivity index is 0.000000441. The van der Waals surface area contributed by atoms with Crippen molar-refractivity contribution >= 4 is 69.1 Å². The Kier molecular flexibility index (Phi) is 33.1. The normalized spacial score (nSPS) is 14.6. The standard InChI is InChI=1S/3C20HF24N3/c3*21-1-3(23)7(27)11(8(28)4(1)24)45-13(15(31,32)17(35,36)19(39,40)41)47-14(16(33,34)18(37,38)20(42,43)44)46-12-9(29)5(25)2(22)6(26)10(12)30/h3*(H,45,46,47). The first-order chi connectivity index (χ1) is 62.4. The lowest BCUT2D eigenvalue weighted by atomic mass is 10.1. The molecule has 6 aromatic carbocycles. The molecule has 0 spiro atoms. The van der Waals surface area contributed by atoms with Gasteiger partial charge in [-0.25, -0.2) is 162 Å². The number of rotatable bonds is 18. The summed E-state index contributed by atoms with van der Waals surface area (Å²) in [5, 5.41) is -0.990. The van der Waals surface area contributed by atoms with E-state index in [2.05, 4.69) is 0 Å². The molecule has 0 aliphatic carbocycles. The molecule has 0 aromatic heterocycles. The molecule has 81 heteroatoms. The van der Waals surface area contributed by atoms with Crippen LogP contribution in [0.3, 0.4) is 0 Å².